The van der Waals surface area contributed by atoms with Gasteiger partial charge < -0.3 is 10.0 Å². The van der Waals surface area contributed by atoms with E-state index >= 15 is 0 Å². The first kappa shape index (κ1) is 21.2. The molecule has 0 radical (unpaired) electrons. The summed E-state index contributed by atoms with van der Waals surface area (Å²) in [5.74, 6) is -1.07. The minimum absolute atomic E-state index is 0.190. The molecule has 29 heavy (non-hydrogen) atoms. The molecule has 1 aliphatic rings. The molecule has 0 fully saturated rings. The molecule has 1 aliphatic heterocycles. The Hall–Kier alpha value is -2.49. The zero-order valence-corrected chi connectivity index (χ0v) is 17.7. The minimum Gasteiger partial charge on any atom is -0.481 e. The normalized spacial score (nSPS) is 18.9. The summed E-state index contributed by atoms with van der Waals surface area (Å²) in [7, 11) is 0. The summed E-state index contributed by atoms with van der Waals surface area (Å²) in [6.45, 7) is 4.47. The number of nitrogens with zero attached hydrogens (tertiary/aromatic N) is 2. The molecule has 2 aromatic carbocycles. The Morgan fingerprint density at radius 1 is 1.28 bits per heavy atom. The number of carbonyl (C=O) groups excluding carboxylic acids is 1. The summed E-state index contributed by atoms with van der Waals surface area (Å²) in [5, 5.41) is 18.2. The Kier molecular flexibility index (Phi) is 6.51. The van der Waals surface area contributed by atoms with Gasteiger partial charge in [0.1, 0.15) is 0 Å². The summed E-state index contributed by atoms with van der Waals surface area (Å²) in [6, 6.07) is 14.7. The SMILES string of the molecule is CC(C)CN1C(=O)C(CC(=O)O)SC(c2ccccc2Cl)c2cc(C#N)ccc21. The van der Waals surface area contributed by atoms with Crippen molar-refractivity contribution in [1.29, 1.82) is 5.26 Å². The van der Waals surface area contributed by atoms with E-state index in [1.54, 1.807) is 29.2 Å². The molecule has 1 amide bonds. The maximum atomic E-state index is 13.3. The topological polar surface area (TPSA) is 81.4 Å². The number of amides is 1. The Balaban J connectivity index is 2.24. The Labute approximate surface area is 179 Å². The third-order valence-electron chi connectivity index (χ3n) is 4.67. The minimum atomic E-state index is -1.03. The molecule has 0 saturated carbocycles. The van der Waals surface area contributed by atoms with Gasteiger partial charge in [0, 0.05) is 17.3 Å². The zero-order chi connectivity index (χ0) is 21.1. The lowest BCUT2D eigenvalue weighted by Gasteiger charge is -2.27. The number of rotatable bonds is 5. The maximum Gasteiger partial charge on any atom is 0.305 e. The molecule has 0 aliphatic carbocycles. The molecule has 7 heteroatoms. The molecule has 0 spiro atoms. The van der Waals surface area contributed by atoms with E-state index in [2.05, 4.69) is 6.07 Å². The number of fused-ring (bicyclic) bond motifs is 1. The van der Waals surface area contributed by atoms with Crippen molar-refractivity contribution >= 4 is 40.9 Å². The highest BCUT2D eigenvalue weighted by Gasteiger charge is 2.38. The van der Waals surface area contributed by atoms with Crippen molar-refractivity contribution in [3.8, 4) is 6.07 Å². The number of anilines is 1. The molecule has 3 rings (SSSR count). The predicted molar refractivity (Wildman–Crippen MR) is 115 cm³/mol. The van der Waals surface area contributed by atoms with Crippen LogP contribution in [0.4, 0.5) is 5.69 Å². The van der Waals surface area contributed by atoms with Crippen molar-refractivity contribution in [2.24, 2.45) is 5.92 Å². The predicted octanol–water partition coefficient (Wildman–Crippen LogP) is 4.88. The second-order valence-electron chi connectivity index (χ2n) is 7.35. The second-order valence-corrected chi connectivity index (χ2v) is 9.07. The average molecular weight is 429 g/mol. The van der Waals surface area contributed by atoms with Gasteiger partial charge in [-0.25, -0.2) is 0 Å². The van der Waals surface area contributed by atoms with Gasteiger partial charge in [0.25, 0.3) is 0 Å². The molecule has 2 atom stereocenters. The van der Waals surface area contributed by atoms with Crippen LogP contribution in [-0.2, 0) is 9.59 Å². The number of aliphatic carboxylic acids is 1. The number of benzene rings is 2. The molecule has 0 bridgehead atoms. The Morgan fingerprint density at radius 3 is 2.62 bits per heavy atom. The maximum absolute atomic E-state index is 13.3. The number of thioether (sulfide) groups is 1. The molecule has 2 unspecified atom stereocenters. The van der Waals surface area contributed by atoms with Crippen LogP contribution in [0.3, 0.4) is 0 Å². The van der Waals surface area contributed by atoms with Crippen molar-refractivity contribution in [3.63, 3.8) is 0 Å². The number of hydrogen-bond acceptors (Lipinski definition) is 4. The lowest BCUT2D eigenvalue weighted by Crippen LogP contribution is -2.40. The van der Waals surface area contributed by atoms with Crippen LogP contribution in [0, 0.1) is 17.2 Å². The van der Waals surface area contributed by atoms with Crippen molar-refractivity contribution < 1.29 is 14.7 Å². The van der Waals surface area contributed by atoms with Crippen LogP contribution in [0.5, 0.6) is 0 Å². The van der Waals surface area contributed by atoms with Gasteiger partial charge in [-0.3, -0.25) is 9.59 Å². The molecule has 150 valence electrons. The monoisotopic (exact) mass is 428 g/mol. The highest BCUT2D eigenvalue weighted by molar-refractivity contribution is 8.01. The fraction of sp³-hybridized carbons (Fsp3) is 0.318. The molecule has 1 heterocycles. The zero-order valence-electron chi connectivity index (χ0n) is 16.1. The first-order chi connectivity index (χ1) is 13.8. The standard InChI is InChI=1S/C22H21ClN2O3S/c1-13(2)12-25-18-8-7-14(11-24)9-16(18)21(15-5-3-4-6-17(15)23)29-19(22(25)28)10-20(26)27/h3-9,13,19,21H,10,12H2,1-2H3,(H,26,27). The van der Waals surface area contributed by atoms with E-state index < -0.39 is 11.2 Å². The van der Waals surface area contributed by atoms with Gasteiger partial charge in [0.2, 0.25) is 5.91 Å². The molecule has 1 N–H and O–H groups in total. The van der Waals surface area contributed by atoms with Crippen LogP contribution < -0.4 is 4.90 Å². The molecular formula is C22H21ClN2O3S. The fourth-order valence-corrected chi connectivity index (χ4v) is 5.25. The highest BCUT2D eigenvalue weighted by atomic mass is 35.5. The largest absolute Gasteiger partial charge is 0.481 e. The summed E-state index contributed by atoms with van der Waals surface area (Å²) >= 11 is 7.75. The van der Waals surface area contributed by atoms with Crippen molar-refractivity contribution in [3.05, 3.63) is 64.2 Å². The van der Waals surface area contributed by atoms with Gasteiger partial charge in [0.15, 0.2) is 0 Å². The van der Waals surface area contributed by atoms with Crippen molar-refractivity contribution in [1.82, 2.24) is 0 Å². The molecule has 0 aromatic heterocycles. The van der Waals surface area contributed by atoms with E-state index in [9.17, 15) is 20.0 Å². The lowest BCUT2D eigenvalue weighted by atomic mass is 9.99. The van der Waals surface area contributed by atoms with E-state index in [4.69, 9.17) is 11.6 Å². The fourth-order valence-electron chi connectivity index (χ4n) is 3.44. The van der Waals surface area contributed by atoms with E-state index in [0.29, 0.717) is 22.8 Å². The van der Waals surface area contributed by atoms with Crippen LogP contribution in [0.25, 0.3) is 0 Å². The number of nitriles is 1. The van der Waals surface area contributed by atoms with Crippen LogP contribution in [-0.4, -0.2) is 28.8 Å². The molecular weight excluding hydrogens is 408 g/mol. The van der Waals surface area contributed by atoms with Crippen LogP contribution >= 0.6 is 23.4 Å². The average Bonchev–Trinajstić information content (AvgIpc) is 2.78. The van der Waals surface area contributed by atoms with E-state index in [1.807, 2.05) is 32.0 Å². The van der Waals surface area contributed by atoms with Gasteiger partial charge in [-0.05, 0) is 41.3 Å². The van der Waals surface area contributed by atoms with Crippen molar-refractivity contribution in [2.45, 2.75) is 30.8 Å². The van der Waals surface area contributed by atoms with Gasteiger partial charge in [-0.15, -0.1) is 11.8 Å². The van der Waals surface area contributed by atoms with Crippen LogP contribution in [0.15, 0.2) is 42.5 Å². The number of carboxylic acid groups (broad SMARTS) is 1. The van der Waals surface area contributed by atoms with Crippen molar-refractivity contribution in [2.75, 3.05) is 11.4 Å². The first-order valence-electron chi connectivity index (χ1n) is 9.29. The van der Waals surface area contributed by atoms with E-state index in [1.165, 1.54) is 11.8 Å². The van der Waals surface area contributed by atoms with Gasteiger partial charge in [-0.2, -0.15) is 5.26 Å². The molecule has 5 nitrogen and oxygen atoms in total. The first-order valence-corrected chi connectivity index (χ1v) is 10.6. The summed E-state index contributed by atoms with van der Waals surface area (Å²) in [4.78, 5) is 26.5. The van der Waals surface area contributed by atoms with Crippen LogP contribution in [0.1, 0.15) is 42.2 Å². The number of carboxylic acids is 1. The van der Waals surface area contributed by atoms with Gasteiger partial charge in [0.05, 0.1) is 28.6 Å². The summed E-state index contributed by atoms with van der Waals surface area (Å²) in [5.41, 5.74) is 2.78. The van der Waals surface area contributed by atoms with E-state index in [0.717, 1.165) is 11.1 Å². The van der Waals surface area contributed by atoms with Gasteiger partial charge in [-0.1, -0.05) is 43.6 Å². The number of hydrogen-bond donors (Lipinski definition) is 1. The van der Waals surface area contributed by atoms with Gasteiger partial charge >= 0.3 is 5.97 Å². The molecule has 2 aromatic rings. The lowest BCUT2D eigenvalue weighted by molar-refractivity contribution is -0.138. The Bertz CT molecular complexity index is 986. The quantitative estimate of drug-likeness (QED) is 0.733. The Morgan fingerprint density at radius 2 is 2.00 bits per heavy atom. The smallest absolute Gasteiger partial charge is 0.305 e. The summed E-state index contributed by atoms with van der Waals surface area (Å²) < 4.78 is 0. The van der Waals surface area contributed by atoms with Crippen LogP contribution in [0.2, 0.25) is 5.02 Å². The molecule has 0 saturated heterocycles. The highest BCUT2D eigenvalue weighted by Crippen LogP contribution is 2.48. The number of carbonyl (C=O) groups is 2. The summed E-state index contributed by atoms with van der Waals surface area (Å²) in [6.07, 6.45) is -0.280. The van der Waals surface area contributed by atoms with E-state index in [-0.39, 0.29) is 23.5 Å². The third kappa shape index (κ3) is 4.58. The number of halogens is 1. The third-order valence-corrected chi connectivity index (χ3v) is 6.49. The second kappa shape index (κ2) is 8.89.